The van der Waals surface area contributed by atoms with Gasteiger partial charge in [-0.05, 0) is 50.2 Å². The second-order valence-electron chi connectivity index (χ2n) is 7.84. The standard InChI is InChI=1S/C24H32N2O3/c1-5-26(6-2)20(18-10-8-7-9-11-18)17-25-23(27)24(3,4)19-12-13-21-22(16-19)29-15-14-28-21/h7-13,16,20H,5-6,14-15,17H2,1-4H3,(H,25,27)/t20-/m1/s1. The number of hydrogen-bond acceptors (Lipinski definition) is 4. The molecule has 0 radical (unpaired) electrons. The first kappa shape index (κ1) is 21.2. The number of hydrogen-bond donors (Lipinski definition) is 1. The Morgan fingerprint density at radius 1 is 1.03 bits per heavy atom. The summed E-state index contributed by atoms with van der Waals surface area (Å²) in [5.74, 6) is 1.45. The lowest BCUT2D eigenvalue weighted by atomic mass is 9.83. The molecule has 5 heteroatoms. The average Bonchev–Trinajstić information content (AvgIpc) is 2.76. The number of carbonyl (C=O) groups excluding carboxylic acids is 1. The van der Waals surface area contributed by atoms with Gasteiger partial charge < -0.3 is 14.8 Å². The monoisotopic (exact) mass is 396 g/mol. The molecule has 0 saturated carbocycles. The van der Waals surface area contributed by atoms with E-state index in [0.717, 1.165) is 24.4 Å². The molecule has 29 heavy (non-hydrogen) atoms. The molecule has 0 spiro atoms. The van der Waals surface area contributed by atoms with E-state index in [1.165, 1.54) is 5.56 Å². The maximum Gasteiger partial charge on any atom is 0.230 e. The summed E-state index contributed by atoms with van der Waals surface area (Å²) in [6.45, 7) is 11.7. The first-order valence-corrected chi connectivity index (χ1v) is 10.4. The molecule has 5 nitrogen and oxygen atoms in total. The SMILES string of the molecule is CCN(CC)[C@H](CNC(=O)C(C)(C)c1ccc2c(c1)OCCO2)c1ccccc1. The Kier molecular flexibility index (Phi) is 6.80. The number of nitrogens with zero attached hydrogens (tertiary/aromatic N) is 1. The molecule has 0 bridgehead atoms. The summed E-state index contributed by atoms with van der Waals surface area (Å²) in [4.78, 5) is 15.5. The van der Waals surface area contributed by atoms with Crippen LogP contribution in [0.1, 0.15) is 44.9 Å². The Labute approximate surface area is 174 Å². The highest BCUT2D eigenvalue weighted by atomic mass is 16.6. The average molecular weight is 397 g/mol. The molecule has 0 unspecified atom stereocenters. The number of likely N-dealkylation sites (N-methyl/N-ethyl adjacent to an activating group) is 1. The molecule has 0 aromatic heterocycles. The first-order valence-electron chi connectivity index (χ1n) is 10.4. The van der Waals surface area contributed by atoms with Crippen LogP contribution < -0.4 is 14.8 Å². The topological polar surface area (TPSA) is 50.8 Å². The molecule has 1 aliphatic heterocycles. The van der Waals surface area contributed by atoms with Crippen molar-refractivity contribution in [3.05, 3.63) is 59.7 Å². The van der Waals surface area contributed by atoms with Crippen molar-refractivity contribution < 1.29 is 14.3 Å². The molecule has 0 fully saturated rings. The molecule has 1 heterocycles. The normalized spacial score (nSPS) is 14.5. The van der Waals surface area contributed by atoms with Crippen LogP contribution in [0.2, 0.25) is 0 Å². The zero-order chi connectivity index (χ0) is 20.9. The fourth-order valence-corrected chi connectivity index (χ4v) is 3.77. The van der Waals surface area contributed by atoms with E-state index < -0.39 is 5.41 Å². The Morgan fingerprint density at radius 2 is 1.69 bits per heavy atom. The Balaban J connectivity index is 1.75. The Morgan fingerprint density at radius 3 is 2.34 bits per heavy atom. The van der Waals surface area contributed by atoms with Gasteiger partial charge in [0, 0.05) is 6.54 Å². The van der Waals surface area contributed by atoms with Gasteiger partial charge in [-0.3, -0.25) is 9.69 Å². The van der Waals surface area contributed by atoms with E-state index in [9.17, 15) is 4.79 Å². The highest BCUT2D eigenvalue weighted by molar-refractivity contribution is 5.87. The smallest absolute Gasteiger partial charge is 0.230 e. The zero-order valence-corrected chi connectivity index (χ0v) is 17.9. The van der Waals surface area contributed by atoms with Gasteiger partial charge in [-0.1, -0.05) is 50.2 Å². The van der Waals surface area contributed by atoms with Crippen molar-refractivity contribution in [2.24, 2.45) is 0 Å². The summed E-state index contributed by atoms with van der Waals surface area (Å²) >= 11 is 0. The predicted octanol–water partition coefficient (Wildman–Crippen LogP) is 3.93. The molecule has 0 saturated heterocycles. The minimum atomic E-state index is -0.680. The van der Waals surface area contributed by atoms with Crippen molar-refractivity contribution in [2.75, 3.05) is 32.8 Å². The van der Waals surface area contributed by atoms with Crippen LogP contribution in [0, 0.1) is 0 Å². The maximum absolute atomic E-state index is 13.2. The molecule has 3 rings (SSSR count). The minimum Gasteiger partial charge on any atom is -0.486 e. The third-order valence-electron chi connectivity index (χ3n) is 5.72. The predicted molar refractivity (Wildman–Crippen MR) is 116 cm³/mol. The van der Waals surface area contributed by atoms with Gasteiger partial charge in [0.05, 0.1) is 11.5 Å². The number of fused-ring (bicyclic) bond motifs is 1. The van der Waals surface area contributed by atoms with Gasteiger partial charge in [0.15, 0.2) is 11.5 Å². The van der Waals surface area contributed by atoms with E-state index in [4.69, 9.17) is 9.47 Å². The molecule has 2 aromatic rings. The number of rotatable bonds is 8. The third kappa shape index (κ3) is 4.73. The van der Waals surface area contributed by atoms with Gasteiger partial charge in [-0.25, -0.2) is 0 Å². The first-order chi connectivity index (χ1) is 14.0. The van der Waals surface area contributed by atoms with Crippen molar-refractivity contribution in [1.29, 1.82) is 0 Å². The number of amides is 1. The molecular formula is C24H32N2O3. The minimum absolute atomic E-state index is 0.00210. The molecule has 0 aliphatic carbocycles. The van der Waals surface area contributed by atoms with E-state index in [1.54, 1.807) is 0 Å². The van der Waals surface area contributed by atoms with Crippen LogP contribution in [-0.2, 0) is 10.2 Å². The lowest BCUT2D eigenvalue weighted by Gasteiger charge is -2.32. The van der Waals surface area contributed by atoms with Gasteiger partial charge in [0.1, 0.15) is 13.2 Å². The van der Waals surface area contributed by atoms with Crippen LogP contribution in [0.25, 0.3) is 0 Å². The molecule has 1 amide bonds. The fourth-order valence-electron chi connectivity index (χ4n) is 3.77. The fraction of sp³-hybridized carbons (Fsp3) is 0.458. The van der Waals surface area contributed by atoms with E-state index in [-0.39, 0.29) is 11.9 Å². The number of benzene rings is 2. The highest BCUT2D eigenvalue weighted by Gasteiger charge is 2.32. The van der Waals surface area contributed by atoms with Crippen LogP contribution in [-0.4, -0.2) is 43.7 Å². The van der Waals surface area contributed by atoms with Gasteiger partial charge in [0.25, 0.3) is 0 Å². The van der Waals surface area contributed by atoms with Crippen molar-refractivity contribution in [3.8, 4) is 11.5 Å². The van der Waals surface area contributed by atoms with Crippen molar-refractivity contribution in [1.82, 2.24) is 10.2 Å². The maximum atomic E-state index is 13.2. The third-order valence-corrected chi connectivity index (χ3v) is 5.72. The second kappa shape index (κ2) is 9.31. The summed E-state index contributed by atoms with van der Waals surface area (Å²) < 4.78 is 11.3. The van der Waals surface area contributed by atoms with Gasteiger partial charge in [-0.15, -0.1) is 0 Å². The quantitative estimate of drug-likeness (QED) is 0.734. The van der Waals surface area contributed by atoms with Crippen LogP contribution in [0.4, 0.5) is 0 Å². The zero-order valence-electron chi connectivity index (χ0n) is 17.9. The lowest BCUT2D eigenvalue weighted by molar-refractivity contribution is -0.125. The second-order valence-corrected chi connectivity index (χ2v) is 7.84. The van der Waals surface area contributed by atoms with Crippen LogP contribution in [0.15, 0.2) is 48.5 Å². The van der Waals surface area contributed by atoms with Crippen molar-refractivity contribution in [2.45, 2.75) is 39.2 Å². The van der Waals surface area contributed by atoms with E-state index >= 15 is 0 Å². The van der Waals surface area contributed by atoms with Crippen LogP contribution in [0.5, 0.6) is 11.5 Å². The van der Waals surface area contributed by atoms with Gasteiger partial charge in [0.2, 0.25) is 5.91 Å². The molecule has 156 valence electrons. The summed E-state index contributed by atoms with van der Waals surface area (Å²) in [7, 11) is 0. The van der Waals surface area contributed by atoms with Crippen molar-refractivity contribution >= 4 is 5.91 Å². The Bertz CT molecular complexity index is 816. The largest absolute Gasteiger partial charge is 0.486 e. The highest BCUT2D eigenvalue weighted by Crippen LogP contribution is 2.35. The summed E-state index contributed by atoms with van der Waals surface area (Å²) in [6, 6.07) is 16.3. The van der Waals surface area contributed by atoms with Crippen LogP contribution >= 0.6 is 0 Å². The lowest BCUT2D eigenvalue weighted by Crippen LogP contribution is -2.44. The summed E-state index contributed by atoms with van der Waals surface area (Å²) in [5, 5.41) is 3.20. The van der Waals surface area contributed by atoms with Gasteiger partial charge in [-0.2, -0.15) is 0 Å². The van der Waals surface area contributed by atoms with E-state index in [2.05, 4.69) is 36.2 Å². The molecule has 2 aromatic carbocycles. The van der Waals surface area contributed by atoms with Crippen LogP contribution in [0.3, 0.4) is 0 Å². The molecule has 1 aliphatic rings. The summed E-state index contributed by atoms with van der Waals surface area (Å²) in [5.41, 5.74) is 1.45. The molecule has 1 N–H and O–H groups in total. The number of carbonyl (C=O) groups is 1. The van der Waals surface area contributed by atoms with Crippen molar-refractivity contribution in [3.63, 3.8) is 0 Å². The number of nitrogens with one attached hydrogen (secondary N) is 1. The summed E-state index contributed by atoms with van der Waals surface area (Å²) in [6.07, 6.45) is 0. The van der Waals surface area contributed by atoms with E-state index in [1.807, 2.05) is 50.2 Å². The van der Waals surface area contributed by atoms with E-state index in [0.29, 0.717) is 25.5 Å². The Hall–Kier alpha value is -2.53. The molecular weight excluding hydrogens is 364 g/mol. The van der Waals surface area contributed by atoms with Gasteiger partial charge >= 0.3 is 0 Å². The molecule has 1 atom stereocenters. The number of ether oxygens (including phenoxy) is 2.